The Morgan fingerprint density at radius 2 is 1.76 bits per heavy atom. The van der Waals surface area contributed by atoms with Gasteiger partial charge >= 0.3 is 0 Å². The van der Waals surface area contributed by atoms with Gasteiger partial charge in [-0.05, 0) is 18.2 Å². The molecule has 11 nitrogen and oxygen atoms in total. The molecule has 11 heteroatoms. The van der Waals surface area contributed by atoms with Gasteiger partial charge in [0, 0.05) is 23.6 Å². The molecule has 1 aliphatic rings. The van der Waals surface area contributed by atoms with E-state index >= 15 is 0 Å². The smallest absolute Gasteiger partial charge is 0.239 e. The SMILES string of the molecule is COc1cc(-c2oc3cc(O)cc(O)c3c(=O)c2O[C@H]2O[C@H](CO)[C@@H](C)[C@H](O)[C@H]2O)ccc1O. The Morgan fingerprint density at radius 3 is 2.44 bits per heavy atom. The lowest BCUT2D eigenvalue weighted by Crippen LogP contribution is -2.56. The summed E-state index contributed by atoms with van der Waals surface area (Å²) in [5.41, 5.74) is -0.807. The van der Waals surface area contributed by atoms with E-state index in [2.05, 4.69) is 0 Å². The predicted molar refractivity (Wildman–Crippen MR) is 117 cm³/mol. The Labute approximate surface area is 192 Å². The summed E-state index contributed by atoms with van der Waals surface area (Å²) in [6, 6.07) is 6.14. The van der Waals surface area contributed by atoms with Crippen molar-refractivity contribution in [3.63, 3.8) is 0 Å². The van der Waals surface area contributed by atoms with Crippen LogP contribution in [0.4, 0.5) is 0 Å². The molecule has 6 N–H and O–H groups in total. The number of benzene rings is 2. The van der Waals surface area contributed by atoms with Gasteiger partial charge in [-0.1, -0.05) is 6.92 Å². The number of methoxy groups -OCH3 is 1. The van der Waals surface area contributed by atoms with Crippen LogP contribution in [0.3, 0.4) is 0 Å². The standard InChI is InChI=1S/C23H24O11/c1-9-16(8-24)33-23(20(30)18(9)28)34-22-19(29)17-13(27)6-11(25)7-15(17)32-21(22)10-3-4-12(26)14(5-10)31-2/h3-7,9,16,18,20,23-28,30H,8H2,1-2H3/t9-,16-,18+,20-,23-/m1/s1. The quantitative estimate of drug-likeness (QED) is 0.310. The normalized spacial score (nSPS) is 24.8. The highest BCUT2D eigenvalue weighted by atomic mass is 16.7. The van der Waals surface area contributed by atoms with Crippen LogP contribution in [0.25, 0.3) is 22.3 Å². The van der Waals surface area contributed by atoms with E-state index in [1.165, 1.54) is 25.3 Å². The molecule has 182 valence electrons. The molecule has 34 heavy (non-hydrogen) atoms. The number of aromatic hydroxyl groups is 3. The van der Waals surface area contributed by atoms with E-state index in [4.69, 9.17) is 18.6 Å². The Kier molecular flexibility index (Phi) is 6.28. The van der Waals surface area contributed by atoms with Crippen molar-refractivity contribution in [3.8, 4) is 40.1 Å². The average Bonchev–Trinajstić information content (AvgIpc) is 2.80. The average molecular weight is 476 g/mol. The maximum atomic E-state index is 13.4. The monoisotopic (exact) mass is 476 g/mol. The molecular formula is C23H24O11. The van der Waals surface area contributed by atoms with Crippen LogP contribution in [0.5, 0.6) is 28.7 Å². The van der Waals surface area contributed by atoms with Crippen molar-refractivity contribution in [1.82, 2.24) is 0 Å². The molecule has 0 spiro atoms. The maximum Gasteiger partial charge on any atom is 0.239 e. The van der Waals surface area contributed by atoms with Crippen LogP contribution in [0.15, 0.2) is 39.5 Å². The van der Waals surface area contributed by atoms with Crippen LogP contribution < -0.4 is 14.9 Å². The maximum absolute atomic E-state index is 13.4. The minimum absolute atomic E-state index is 0.0588. The molecule has 1 saturated heterocycles. The van der Waals surface area contributed by atoms with Crippen LogP contribution in [0.2, 0.25) is 0 Å². The molecule has 0 saturated carbocycles. The summed E-state index contributed by atoms with van der Waals surface area (Å²) in [6.07, 6.45) is -5.37. The van der Waals surface area contributed by atoms with Gasteiger partial charge in [0.15, 0.2) is 17.3 Å². The van der Waals surface area contributed by atoms with Gasteiger partial charge in [0.25, 0.3) is 0 Å². The van der Waals surface area contributed by atoms with Crippen LogP contribution in [-0.2, 0) is 4.74 Å². The van der Waals surface area contributed by atoms with Crippen LogP contribution in [-0.4, -0.2) is 69.0 Å². The highest BCUT2D eigenvalue weighted by Crippen LogP contribution is 2.39. The zero-order chi connectivity index (χ0) is 24.7. The fourth-order valence-electron chi connectivity index (χ4n) is 3.88. The number of rotatable bonds is 5. The third-order valence-corrected chi connectivity index (χ3v) is 5.84. The molecule has 0 aliphatic carbocycles. The van der Waals surface area contributed by atoms with Gasteiger partial charge in [-0.2, -0.15) is 0 Å². The Morgan fingerprint density at radius 1 is 1.03 bits per heavy atom. The summed E-state index contributed by atoms with van der Waals surface area (Å²) in [7, 11) is 1.33. The Balaban J connectivity index is 1.92. The molecular weight excluding hydrogens is 452 g/mol. The van der Waals surface area contributed by atoms with Gasteiger partial charge < -0.3 is 49.3 Å². The van der Waals surface area contributed by atoms with Gasteiger partial charge in [0.1, 0.15) is 28.6 Å². The fourth-order valence-corrected chi connectivity index (χ4v) is 3.88. The first kappa shape index (κ1) is 23.6. The minimum Gasteiger partial charge on any atom is -0.508 e. The Bertz CT molecular complexity index is 1270. The zero-order valence-corrected chi connectivity index (χ0v) is 18.2. The Hall–Kier alpha value is -3.51. The number of phenols is 3. The third-order valence-electron chi connectivity index (χ3n) is 5.84. The topological polar surface area (TPSA) is 179 Å². The molecule has 1 fully saturated rings. The van der Waals surface area contributed by atoms with Crippen LogP contribution >= 0.6 is 0 Å². The molecule has 0 amide bonds. The van der Waals surface area contributed by atoms with Crippen molar-refractivity contribution >= 4 is 11.0 Å². The molecule has 0 radical (unpaired) electrons. The van der Waals surface area contributed by atoms with E-state index in [0.717, 1.165) is 12.1 Å². The van der Waals surface area contributed by atoms with Crippen molar-refractivity contribution in [2.24, 2.45) is 5.92 Å². The van der Waals surface area contributed by atoms with Gasteiger partial charge in [-0.3, -0.25) is 4.79 Å². The summed E-state index contributed by atoms with van der Waals surface area (Å²) in [5.74, 6) is -2.35. The first-order chi connectivity index (χ1) is 16.2. The lowest BCUT2D eigenvalue weighted by atomic mass is 9.91. The van der Waals surface area contributed by atoms with E-state index < -0.39 is 54.1 Å². The highest BCUT2D eigenvalue weighted by Gasteiger charge is 2.44. The molecule has 1 aliphatic heterocycles. The van der Waals surface area contributed by atoms with Gasteiger partial charge in [0.05, 0.1) is 25.9 Å². The lowest BCUT2D eigenvalue weighted by Gasteiger charge is -2.40. The zero-order valence-electron chi connectivity index (χ0n) is 18.2. The summed E-state index contributed by atoms with van der Waals surface area (Å²) in [4.78, 5) is 13.4. The van der Waals surface area contributed by atoms with Crippen molar-refractivity contribution in [2.75, 3.05) is 13.7 Å². The van der Waals surface area contributed by atoms with Crippen LogP contribution in [0, 0.1) is 5.92 Å². The van der Waals surface area contributed by atoms with E-state index in [0.29, 0.717) is 0 Å². The molecule has 2 aromatic carbocycles. The molecule has 3 aromatic rings. The van der Waals surface area contributed by atoms with Crippen molar-refractivity contribution in [1.29, 1.82) is 0 Å². The lowest BCUT2D eigenvalue weighted by molar-refractivity contribution is -0.261. The number of phenolic OH excluding ortho intramolecular Hbond substituents is 3. The van der Waals surface area contributed by atoms with Gasteiger partial charge in [0.2, 0.25) is 17.5 Å². The minimum atomic E-state index is -1.58. The van der Waals surface area contributed by atoms with Crippen LogP contribution in [0.1, 0.15) is 6.92 Å². The second-order valence-corrected chi connectivity index (χ2v) is 8.00. The number of aliphatic hydroxyl groups is 3. The van der Waals surface area contributed by atoms with Crippen molar-refractivity contribution in [3.05, 3.63) is 40.6 Å². The fraction of sp³-hybridized carbons (Fsp3) is 0.348. The molecule has 1 aromatic heterocycles. The summed E-state index contributed by atoms with van der Waals surface area (Å²) in [6.45, 7) is 1.10. The van der Waals surface area contributed by atoms with E-state index in [-0.39, 0.29) is 39.5 Å². The molecule has 5 atom stereocenters. The summed E-state index contributed by atoms with van der Waals surface area (Å²) < 4.78 is 22.2. The number of hydrogen-bond acceptors (Lipinski definition) is 11. The number of fused-ring (bicyclic) bond motifs is 1. The highest BCUT2D eigenvalue weighted by molar-refractivity contribution is 5.88. The number of ether oxygens (including phenoxy) is 3. The van der Waals surface area contributed by atoms with Crippen molar-refractivity contribution < 1.29 is 49.3 Å². The van der Waals surface area contributed by atoms with E-state index in [9.17, 15) is 35.4 Å². The van der Waals surface area contributed by atoms with E-state index in [1.807, 2.05) is 0 Å². The second kappa shape index (κ2) is 9.03. The predicted octanol–water partition coefficient (Wildman–Crippen LogP) is 1.04. The van der Waals surface area contributed by atoms with Gasteiger partial charge in [-0.15, -0.1) is 0 Å². The third kappa shape index (κ3) is 3.99. The molecule has 0 bridgehead atoms. The van der Waals surface area contributed by atoms with Crippen molar-refractivity contribution in [2.45, 2.75) is 31.5 Å². The largest absolute Gasteiger partial charge is 0.508 e. The second-order valence-electron chi connectivity index (χ2n) is 8.00. The first-order valence-electron chi connectivity index (χ1n) is 10.4. The first-order valence-corrected chi connectivity index (χ1v) is 10.4. The van der Waals surface area contributed by atoms with E-state index in [1.54, 1.807) is 6.92 Å². The number of hydrogen-bond donors (Lipinski definition) is 6. The molecule has 2 heterocycles. The van der Waals surface area contributed by atoms with Gasteiger partial charge in [-0.25, -0.2) is 0 Å². The number of aliphatic hydroxyl groups excluding tert-OH is 3. The summed E-state index contributed by atoms with van der Waals surface area (Å²) in [5, 5.41) is 60.2. The molecule has 4 rings (SSSR count). The summed E-state index contributed by atoms with van der Waals surface area (Å²) >= 11 is 0. The molecule has 0 unspecified atom stereocenters.